The van der Waals surface area contributed by atoms with Crippen molar-refractivity contribution in [3.05, 3.63) is 0 Å². The average Bonchev–Trinajstić information content (AvgIpc) is 2.30. The maximum absolute atomic E-state index is 12.0. The van der Waals surface area contributed by atoms with Gasteiger partial charge in [0.15, 0.2) is 0 Å². The molecule has 3 nitrogen and oxygen atoms in total. The summed E-state index contributed by atoms with van der Waals surface area (Å²) in [5, 5.41) is 10.5. The lowest BCUT2D eigenvalue weighted by molar-refractivity contribution is -0.201. The lowest BCUT2D eigenvalue weighted by atomic mass is 9.53. The zero-order chi connectivity index (χ0) is 12.9. The van der Waals surface area contributed by atoms with Crippen molar-refractivity contribution in [3.63, 3.8) is 0 Å². The van der Waals surface area contributed by atoms with E-state index in [4.69, 9.17) is 4.74 Å². The highest BCUT2D eigenvalue weighted by Gasteiger charge is 2.56. The summed E-state index contributed by atoms with van der Waals surface area (Å²) < 4.78 is 5.77. The van der Waals surface area contributed by atoms with Crippen LogP contribution in [-0.2, 0) is 9.53 Å². The maximum Gasteiger partial charge on any atom is 0.308 e. The van der Waals surface area contributed by atoms with Crippen molar-refractivity contribution in [2.45, 2.75) is 64.1 Å². The number of carbonyl (C=O) groups is 1. The summed E-state index contributed by atoms with van der Waals surface area (Å²) in [5.41, 5.74) is -0.435. The summed E-state index contributed by atoms with van der Waals surface area (Å²) in [6.45, 7) is 3.96. The molecule has 0 radical (unpaired) electrons. The van der Waals surface area contributed by atoms with E-state index in [0.717, 1.165) is 38.5 Å². The van der Waals surface area contributed by atoms with Gasteiger partial charge in [-0.3, -0.25) is 4.79 Å². The summed E-state index contributed by atoms with van der Waals surface area (Å²) in [5.74, 6) is 1.46. The van der Waals surface area contributed by atoms with Crippen LogP contribution < -0.4 is 0 Å². The van der Waals surface area contributed by atoms with Crippen LogP contribution in [0.5, 0.6) is 0 Å². The van der Waals surface area contributed by atoms with E-state index in [1.54, 1.807) is 0 Å². The molecule has 0 aromatic rings. The number of carbonyl (C=O) groups excluding carboxylic acids is 1. The van der Waals surface area contributed by atoms with E-state index in [9.17, 15) is 9.90 Å². The molecule has 102 valence electrons. The van der Waals surface area contributed by atoms with Crippen LogP contribution in [0.3, 0.4) is 0 Å². The van der Waals surface area contributed by atoms with E-state index in [0.29, 0.717) is 17.8 Å². The number of ether oxygens (including phenoxy) is 1. The first-order valence-corrected chi connectivity index (χ1v) is 7.43. The minimum absolute atomic E-state index is 0.00488. The van der Waals surface area contributed by atoms with Gasteiger partial charge in [0.05, 0.1) is 11.5 Å². The summed E-state index contributed by atoms with van der Waals surface area (Å²) >= 11 is 0. The maximum atomic E-state index is 12.0. The molecule has 4 fully saturated rings. The van der Waals surface area contributed by atoms with Crippen molar-refractivity contribution in [3.8, 4) is 0 Å². The molecule has 0 aromatic carbocycles. The Morgan fingerprint density at radius 2 is 1.94 bits per heavy atom. The third-order valence-corrected chi connectivity index (χ3v) is 5.42. The van der Waals surface area contributed by atoms with Crippen LogP contribution in [0, 0.1) is 23.7 Å². The fourth-order valence-corrected chi connectivity index (χ4v) is 4.54. The summed E-state index contributed by atoms with van der Waals surface area (Å²) in [7, 11) is 0. The van der Waals surface area contributed by atoms with Crippen LogP contribution in [0.15, 0.2) is 0 Å². The molecule has 0 saturated heterocycles. The molecule has 4 saturated carbocycles. The minimum atomic E-state index is -0.435. The third kappa shape index (κ3) is 1.97. The first kappa shape index (κ1) is 12.5. The second kappa shape index (κ2) is 4.22. The Kier molecular flexibility index (Phi) is 2.92. The number of hydrogen-bond acceptors (Lipinski definition) is 3. The quantitative estimate of drug-likeness (QED) is 0.785. The first-order chi connectivity index (χ1) is 8.50. The Bertz CT molecular complexity index is 336. The largest absolute Gasteiger partial charge is 0.462 e. The fourth-order valence-electron chi connectivity index (χ4n) is 4.54. The molecular weight excluding hydrogens is 228 g/mol. The minimum Gasteiger partial charge on any atom is -0.462 e. The Labute approximate surface area is 109 Å². The van der Waals surface area contributed by atoms with Crippen molar-refractivity contribution in [2.75, 3.05) is 0 Å². The SMILES string of the molecule is CCC(C)C(=O)OC1C2CC3CC1CC(O)(C3)C2. The molecule has 0 aliphatic heterocycles. The molecule has 0 spiro atoms. The first-order valence-electron chi connectivity index (χ1n) is 7.43. The van der Waals surface area contributed by atoms with Gasteiger partial charge in [0.2, 0.25) is 0 Å². The van der Waals surface area contributed by atoms with Gasteiger partial charge in [0, 0.05) is 0 Å². The number of esters is 1. The normalized spacial score (nSPS) is 47.1. The van der Waals surface area contributed by atoms with Crippen LogP contribution in [0.2, 0.25) is 0 Å². The fraction of sp³-hybridized carbons (Fsp3) is 0.933. The molecule has 4 bridgehead atoms. The molecule has 4 aliphatic rings. The van der Waals surface area contributed by atoms with Crippen LogP contribution in [0.4, 0.5) is 0 Å². The lowest BCUT2D eigenvalue weighted by Crippen LogP contribution is -2.58. The molecule has 1 N–H and O–H groups in total. The zero-order valence-corrected chi connectivity index (χ0v) is 11.4. The van der Waals surface area contributed by atoms with E-state index in [1.165, 1.54) is 0 Å². The molecule has 0 heterocycles. The Balaban J connectivity index is 1.70. The highest BCUT2D eigenvalue weighted by molar-refractivity contribution is 5.72. The van der Waals surface area contributed by atoms with E-state index >= 15 is 0 Å². The molecule has 4 rings (SSSR count). The second-order valence-corrected chi connectivity index (χ2v) is 6.91. The highest BCUT2D eigenvalue weighted by atomic mass is 16.5. The van der Waals surface area contributed by atoms with Crippen molar-refractivity contribution >= 4 is 5.97 Å². The van der Waals surface area contributed by atoms with Crippen LogP contribution in [-0.4, -0.2) is 22.8 Å². The summed E-state index contributed by atoms with van der Waals surface area (Å²) in [6, 6.07) is 0. The van der Waals surface area contributed by atoms with E-state index in [2.05, 4.69) is 0 Å². The zero-order valence-electron chi connectivity index (χ0n) is 11.4. The van der Waals surface area contributed by atoms with Gasteiger partial charge in [-0.2, -0.15) is 0 Å². The predicted octanol–water partition coefficient (Wildman–Crippen LogP) is 2.52. The Morgan fingerprint density at radius 3 is 2.44 bits per heavy atom. The molecule has 3 atom stereocenters. The Morgan fingerprint density at radius 1 is 1.33 bits per heavy atom. The van der Waals surface area contributed by atoms with Gasteiger partial charge in [-0.15, -0.1) is 0 Å². The number of rotatable bonds is 3. The van der Waals surface area contributed by atoms with Gasteiger partial charge in [0.25, 0.3) is 0 Å². The van der Waals surface area contributed by atoms with Gasteiger partial charge >= 0.3 is 5.97 Å². The van der Waals surface area contributed by atoms with Gasteiger partial charge in [0.1, 0.15) is 6.10 Å². The number of hydrogen-bond donors (Lipinski definition) is 1. The molecule has 3 unspecified atom stereocenters. The van der Waals surface area contributed by atoms with Gasteiger partial charge in [-0.05, 0) is 56.3 Å². The average molecular weight is 252 g/mol. The molecule has 18 heavy (non-hydrogen) atoms. The van der Waals surface area contributed by atoms with Crippen molar-refractivity contribution in [1.82, 2.24) is 0 Å². The predicted molar refractivity (Wildman–Crippen MR) is 67.8 cm³/mol. The topological polar surface area (TPSA) is 46.5 Å². The summed E-state index contributed by atoms with van der Waals surface area (Å²) in [4.78, 5) is 12.0. The van der Waals surface area contributed by atoms with E-state index in [1.807, 2.05) is 13.8 Å². The van der Waals surface area contributed by atoms with E-state index < -0.39 is 5.60 Å². The highest BCUT2D eigenvalue weighted by Crippen LogP contribution is 2.56. The lowest BCUT2D eigenvalue weighted by Gasteiger charge is -2.57. The smallest absolute Gasteiger partial charge is 0.308 e. The van der Waals surface area contributed by atoms with Crippen LogP contribution >= 0.6 is 0 Å². The monoisotopic (exact) mass is 252 g/mol. The standard InChI is InChI=1S/C15H24O3/c1-3-9(2)14(16)18-13-11-4-10-5-12(13)8-15(17,6-10)7-11/h9-13,17H,3-8H2,1-2H3. The van der Waals surface area contributed by atoms with Crippen LogP contribution in [0.1, 0.15) is 52.4 Å². The van der Waals surface area contributed by atoms with Crippen molar-refractivity contribution in [2.24, 2.45) is 23.7 Å². The van der Waals surface area contributed by atoms with E-state index in [-0.39, 0.29) is 18.0 Å². The van der Waals surface area contributed by atoms with Gasteiger partial charge < -0.3 is 9.84 Å². The number of aliphatic hydroxyl groups is 1. The molecule has 3 heteroatoms. The van der Waals surface area contributed by atoms with Gasteiger partial charge in [-0.1, -0.05) is 13.8 Å². The third-order valence-electron chi connectivity index (χ3n) is 5.42. The van der Waals surface area contributed by atoms with Crippen molar-refractivity contribution < 1.29 is 14.6 Å². The van der Waals surface area contributed by atoms with Gasteiger partial charge in [-0.25, -0.2) is 0 Å². The molecule has 0 aromatic heterocycles. The Hall–Kier alpha value is -0.570. The van der Waals surface area contributed by atoms with Crippen molar-refractivity contribution in [1.29, 1.82) is 0 Å². The second-order valence-electron chi connectivity index (χ2n) is 6.91. The van der Waals surface area contributed by atoms with Crippen LogP contribution in [0.25, 0.3) is 0 Å². The molecular formula is C15H24O3. The molecule has 4 aliphatic carbocycles. The molecule has 0 amide bonds. The summed E-state index contributed by atoms with van der Waals surface area (Å²) in [6.07, 6.45) is 5.90.